The molecule has 1 rings (SSSR count). The molecule has 0 aliphatic rings. The van der Waals surface area contributed by atoms with Crippen LogP contribution in [-0.2, 0) is 0 Å². The van der Waals surface area contributed by atoms with Crippen molar-refractivity contribution in [3.05, 3.63) is 35.4 Å². The van der Waals surface area contributed by atoms with Gasteiger partial charge in [0.25, 0.3) is 0 Å². The number of aliphatic hydroxyl groups excluding tert-OH is 1. The van der Waals surface area contributed by atoms with Crippen molar-refractivity contribution < 1.29 is 84.5 Å². The number of alkyl halides is 17. The van der Waals surface area contributed by atoms with Gasteiger partial charge in [0.2, 0.25) is 0 Å². The van der Waals surface area contributed by atoms with Crippen LogP contribution in [0.2, 0.25) is 0 Å². The normalized spacial score (nSPS) is 16.1. The molecule has 1 aromatic carbocycles. The van der Waals surface area contributed by atoms with Crippen LogP contribution in [0.1, 0.15) is 35.4 Å². The summed E-state index contributed by atoms with van der Waals surface area (Å²) in [7, 11) is 0. The minimum Gasteiger partial charge on any atom is -0.388 e. The van der Waals surface area contributed by atoms with Gasteiger partial charge in [-0.3, -0.25) is 4.79 Å². The molecule has 1 atom stereocenters. The molecular formula is C18H11F17O2. The second-order valence-corrected chi connectivity index (χ2v) is 7.55. The highest BCUT2D eigenvalue weighted by Gasteiger charge is 2.95. The summed E-state index contributed by atoms with van der Waals surface area (Å²) < 4.78 is 225. The molecule has 0 aliphatic carbocycles. The molecule has 1 N–H and O–H groups in total. The molecule has 0 radical (unpaired) electrons. The topological polar surface area (TPSA) is 37.3 Å². The highest BCUT2D eigenvalue weighted by Crippen LogP contribution is 2.64. The van der Waals surface area contributed by atoms with E-state index >= 15 is 0 Å². The number of carbonyl (C=O) groups excluding carboxylic acids is 1. The maximum atomic E-state index is 13.9. The lowest BCUT2D eigenvalue weighted by atomic mass is 9.87. The van der Waals surface area contributed by atoms with E-state index in [4.69, 9.17) is 0 Å². The van der Waals surface area contributed by atoms with Crippen molar-refractivity contribution in [3.8, 4) is 0 Å². The Hall–Kier alpha value is -2.34. The maximum Gasteiger partial charge on any atom is 0.460 e. The number of hydrogen-bond acceptors (Lipinski definition) is 2. The van der Waals surface area contributed by atoms with Crippen molar-refractivity contribution in [2.75, 3.05) is 0 Å². The van der Waals surface area contributed by atoms with E-state index in [0.29, 0.717) is 12.1 Å². The fourth-order valence-corrected chi connectivity index (χ4v) is 2.63. The van der Waals surface area contributed by atoms with Gasteiger partial charge < -0.3 is 5.11 Å². The second kappa shape index (κ2) is 9.14. The van der Waals surface area contributed by atoms with E-state index in [9.17, 15) is 84.5 Å². The molecule has 37 heavy (non-hydrogen) atoms. The van der Waals surface area contributed by atoms with Crippen molar-refractivity contribution in [2.45, 2.75) is 67.1 Å². The molecule has 0 saturated carbocycles. The minimum absolute atomic E-state index is 0.168. The average molecular weight is 582 g/mol. The largest absolute Gasteiger partial charge is 0.460 e. The smallest absolute Gasteiger partial charge is 0.388 e. The lowest BCUT2D eigenvalue weighted by Gasteiger charge is -2.43. The number of aliphatic hydroxyl groups is 1. The van der Waals surface area contributed by atoms with E-state index in [-0.39, 0.29) is 5.56 Å². The fraction of sp³-hybridized carbons (Fsp3) is 0.611. The van der Waals surface area contributed by atoms with E-state index in [0.717, 1.165) is 19.1 Å². The van der Waals surface area contributed by atoms with Crippen molar-refractivity contribution in [1.29, 1.82) is 0 Å². The molecule has 0 amide bonds. The lowest BCUT2D eigenvalue weighted by molar-refractivity contribution is -0.462. The molecule has 1 aromatic rings. The molecule has 0 aromatic heterocycles. The first-order chi connectivity index (χ1) is 16.0. The Kier molecular flexibility index (Phi) is 8.08. The van der Waals surface area contributed by atoms with Crippen LogP contribution < -0.4 is 0 Å². The van der Waals surface area contributed by atoms with Crippen LogP contribution in [0.5, 0.6) is 0 Å². The van der Waals surface area contributed by atoms with Crippen molar-refractivity contribution in [1.82, 2.24) is 0 Å². The van der Waals surface area contributed by atoms with Gasteiger partial charge in [0, 0.05) is 12.0 Å². The SMILES string of the molecule is CC(=O)c1ccc(C(O)CC(F)(F)C(F)(F)C(F)(F)C(F)(F)C(F)(F)C(F)(F)C(F)(F)C(F)(F)F)cc1. The number of hydrogen-bond donors (Lipinski definition) is 1. The number of Topliss-reactive ketones (excluding diaryl/α,β-unsaturated/α-hetero) is 1. The average Bonchev–Trinajstić information content (AvgIpc) is 2.71. The second-order valence-electron chi connectivity index (χ2n) is 7.55. The summed E-state index contributed by atoms with van der Waals surface area (Å²) in [5.74, 6) is -57.8. The van der Waals surface area contributed by atoms with E-state index in [2.05, 4.69) is 0 Å². The van der Waals surface area contributed by atoms with Gasteiger partial charge in [-0.15, -0.1) is 0 Å². The maximum absolute atomic E-state index is 13.9. The molecule has 0 bridgehead atoms. The number of ketones is 1. The molecule has 1 unspecified atom stereocenters. The number of carbonyl (C=O) groups is 1. The van der Waals surface area contributed by atoms with Gasteiger partial charge in [-0.1, -0.05) is 24.3 Å². The summed E-state index contributed by atoms with van der Waals surface area (Å²) in [4.78, 5) is 11.1. The molecular weight excluding hydrogens is 571 g/mol. The first-order valence-electron chi connectivity index (χ1n) is 9.05. The Labute approximate surface area is 194 Å². The quantitative estimate of drug-likeness (QED) is 0.232. The summed E-state index contributed by atoms with van der Waals surface area (Å²) in [5.41, 5.74) is -1.03. The predicted octanol–water partition coefficient (Wildman–Crippen LogP) is 7.32. The third kappa shape index (κ3) is 4.82. The molecule has 0 spiro atoms. The van der Waals surface area contributed by atoms with Crippen molar-refractivity contribution in [3.63, 3.8) is 0 Å². The van der Waals surface area contributed by atoms with Crippen LogP contribution in [0.3, 0.4) is 0 Å². The number of rotatable bonds is 10. The van der Waals surface area contributed by atoms with E-state index < -0.39 is 71.5 Å². The highest BCUT2D eigenvalue weighted by atomic mass is 19.4. The molecule has 0 fully saturated rings. The van der Waals surface area contributed by atoms with Crippen LogP contribution in [0, 0.1) is 0 Å². The first-order valence-corrected chi connectivity index (χ1v) is 9.05. The zero-order valence-corrected chi connectivity index (χ0v) is 17.4. The summed E-state index contributed by atoms with van der Waals surface area (Å²) >= 11 is 0. The van der Waals surface area contributed by atoms with Gasteiger partial charge in [0.15, 0.2) is 5.78 Å². The lowest BCUT2D eigenvalue weighted by Crippen LogP contribution is -2.74. The monoisotopic (exact) mass is 582 g/mol. The Morgan fingerprint density at radius 1 is 0.622 bits per heavy atom. The van der Waals surface area contributed by atoms with Crippen molar-refractivity contribution in [2.24, 2.45) is 0 Å². The van der Waals surface area contributed by atoms with Crippen LogP contribution in [0.25, 0.3) is 0 Å². The molecule has 0 saturated heterocycles. The molecule has 214 valence electrons. The Morgan fingerprint density at radius 3 is 1.27 bits per heavy atom. The zero-order chi connectivity index (χ0) is 29.8. The summed E-state index contributed by atoms with van der Waals surface area (Å²) in [6.07, 6.45) is -13.8. The van der Waals surface area contributed by atoms with Gasteiger partial charge in [0.05, 0.1) is 6.10 Å². The Morgan fingerprint density at radius 2 is 0.946 bits per heavy atom. The van der Waals surface area contributed by atoms with Gasteiger partial charge in [-0.05, 0) is 12.5 Å². The molecule has 0 heterocycles. The number of benzene rings is 1. The Bertz CT molecular complexity index is 979. The van der Waals surface area contributed by atoms with E-state index in [1.807, 2.05) is 0 Å². The fourth-order valence-electron chi connectivity index (χ4n) is 2.63. The molecule has 19 heteroatoms. The first kappa shape index (κ1) is 32.7. The highest BCUT2D eigenvalue weighted by molar-refractivity contribution is 5.94. The van der Waals surface area contributed by atoms with Crippen LogP contribution in [0.15, 0.2) is 24.3 Å². The third-order valence-corrected chi connectivity index (χ3v) is 4.94. The summed E-state index contributed by atoms with van der Waals surface area (Å²) in [5, 5.41) is 9.58. The van der Waals surface area contributed by atoms with Crippen LogP contribution in [-0.4, -0.2) is 58.5 Å². The summed E-state index contributed by atoms with van der Waals surface area (Å²) in [6, 6.07) is 2.72. The number of halogens is 17. The van der Waals surface area contributed by atoms with Crippen molar-refractivity contribution >= 4 is 5.78 Å². The standard InChI is InChI=1S/C18H11F17O2/c1-7(36)8-2-4-9(5-3-8)10(37)6-11(19,20)12(21,22)13(23,24)14(25,26)15(27,28)16(29,30)17(31,32)18(33,34)35/h2-5,10,37H,6H2,1H3. The minimum atomic E-state index is -8.71. The third-order valence-electron chi connectivity index (χ3n) is 4.94. The zero-order valence-electron chi connectivity index (χ0n) is 17.4. The van der Waals surface area contributed by atoms with Gasteiger partial charge in [-0.2, -0.15) is 74.6 Å². The predicted molar refractivity (Wildman–Crippen MR) is 86.7 cm³/mol. The molecule has 2 nitrogen and oxygen atoms in total. The molecule has 0 aliphatic heterocycles. The van der Waals surface area contributed by atoms with Gasteiger partial charge in [0.1, 0.15) is 0 Å². The van der Waals surface area contributed by atoms with Crippen LogP contribution >= 0.6 is 0 Å². The van der Waals surface area contributed by atoms with E-state index in [1.54, 1.807) is 0 Å². The van der Waals surface area contributed by atoms with Crippen LogP contribution in [0.4, 0.5) is 74.6 Å². The Balaban J connectivity index is 3.50. The van der Waals surface area contributed by atoms with Gasteiger partial charge >= 0.3 is 47.6 Å². The van der Waals surface area contributed by atoms with Gasteiger partial charge in [-0.25, -0.2) is 0 Å². The van der Waals surface area contributed by atoms with E-state index in [1.165, 1.54) is 0 Å². The summed E-state index contributed by atoms with van der Waals surface area (Å²) in [6.45, 7) is 0.978.